The van der Waals surface area contributed by atoms with Gasteiger partial charge in [0.2, 0.25) is 5.82 Å². The van der Waals surface area contributed by atoms with Gasteiger partial charge in [0, 0.05) is 11.6 Å². The maximum atomic E-state index is 13.5. The number of hydrogen-bond acceptors (Lipinski definition) is 4. The summed E-state index contributed by atoms with van der Waals surface area (Å²) in [6, 6.07) is 2.14. The summed E-state index contributed by atoms with van der Waals surface area (Å²) in [4.78, 5) is 20.9. The minimum atomic E-state index is -1.00. The van der Waals surface area contributed by atoms with E-state index < -0.39 is 22.4 Å². The second-order valence-corrected chi connectivity index (χ2v) is 3.05. The van der Waals surface area contributed by atoms with Gasteiger partial charge in [-0.1, -0.05) is 0 Å². The predicted molar refractivity (Wildman–Crippen MR) is 53.7 cm³/mol. The van der Waals surface area contributed by atoms with Gasteiger partial charge in [0.1, 0.15) is 0 Å². The molecule has 0 unspecified atom stereocenters. The van der Waals surface area contributed by atoms with E-state index in [2.05, 4.69) is 4.74 Å². The summed E-state index contributed by atoms with van der Waals surface area (Å²) in [7, 11) is 0. The van der Waals surface area contributed by atoms with Crippen LogP contribution < -0.4 is 0 Å². The number of benzene rings is 1. The van der Waals surface area contributed by atoms with E-state index in [1.54, 1.807) is 6.92 Å². The first kappa shape index (κ1) is 12.1. The highest BCUT2D eigenvalue weighted by Gasteiger charge is 2.21. The average Bonchev–Trinajstić information content (AvgIpc) is 2.21. The number of rotatable bonds is 3. The number of carbonyl (C=O) groups is 1. The molecule has 5 nitrogen and oxygen atoms in total. The molecule has 0 aliphatic carbocycles. The molecule has 0 saturated heterocycles. The van der Waals surface area contributed by atoms with Crippen LogP contribution in [0.1, 0.15) is 22.8 Å². The number of nitro groups is 1. The Morgan fingerprint density at radius 3 is 2.69 bits per heavy atom. The van der Waals surface area contributed by atoms with Crippen molar-refractivity contribution in [3.05, 3.63) is 39.2 Å². The van der Waals surface area contributed by atoms with Crippen LogP contribution in [0.4, 0.5) is 10.1 Å². The van der Waals surface area contributed by atoms with Crippen molar-refractivity contribution in [1.29, 1.82) is 0 Å². The van der Waals surface area contributed by atoms with Crippen molar-refractivity contribution < 1.29 is 18.8 Å². The first-order valence-electron chi connectivity index (χ1n) is 4.59. The molecule has 1 aromatic rings. The van der Waals surface area contributed by atoms with Gasteiger partial charge < -0.3 is 4.74 Å². The number of hydrogen-bond donors (Lipinski definition) is 0. The molecule has 86 valence electrons. The van der Waals surface area contributed by atoms with Crippen LogP contribution in [-0.4, -0.2) is 17.5 Å². The summed E-state index contributed by atoms with van der Waals surface area (Å²) in [5.74, 6) is -1.69. The standard InChI is InChI=1S/C10H10FNO4/c1-3-16-10(13)7-4-5-8(12(14)15)9(11)6(7)2/h4-5H,3H2,1-2H3. The number of ether oxygens (including phenoxy) is 1. The third-order valence-corrected chi connectivity index (χ3v) is 2.06. The second kappa shape index (κ2) is 4.69. The van der Waals surface area contributed by atoms with Gasteiger partial charge in [-0.3, -0.25) is 10.1 Å². The molecular weight excluding hydrogens is 217 g/mol. The highest BCUT2D eigenvalue weighted by atomic mass is 19.1. The van der Waals surface area contributed by atoms with E-state index in [9.17, 15) is 19.3 Å². The van der Waals surface area contributed by atoms with Crippen LogP contribution in [-0.2, 0) is 4.74 Å². The lowest BCUT2D eigenvalue weighted by molar-refractivity contribution is -0.387. The van der Waals surface area contributed by atoms with E-state index in [-0.39, 0.29) is 17.7 Å². The lowest BCUT2D eigenvalue weighted by Gasteiger charge is -2.05. The molecule has 1 rings (SSSR count). The Labute approximate surface area is 91.0 Å². The summed E-state index contributed by atoms with van der Waals surface area (Å²) >= 11 is 0. The molecule has 0 heterocycles. The molecule has 0 aliphatic rings. The first-order valence-corrected chi connectivity index (χ1v) is 4.59. The number of nitrogens with zero attached hydrogens (tertiary/aromatic N) is 1. The minimum absolute atomic E-state index is 0.00458. The molecular formula is C10H10FNO4. The van der Waals surface area contributed by atoms with Gasteiger partial charge in [-0.15, -0.1) is 0 Å². The Morgan fingerprint density at radius 2 is 2.19 bits per heavy atom. The zero-order valence-corrected chi connectivity index (χ0v) is 8.82. The summed E-state index contributed by atoms with van der Waals surface area (Å²) in [5, 5.41) is 10.4. The maximum Gasteiger partial charge on any atom is 0.338 e. The molecule has 0 aromatic heterocycles. The van der Waals surface area contributed by atoms with Crippen molar-refractivity contribution in [3.8, 4) is 0 Å². The fourth-order valence-electron chi connectivity index (χ4n) is 1.24. The van der Waals surface area contributed by atoms with Gasteiger partial charge in [-0.05, 0) is 19.9 Å². The quantitative estimate of drug-likeness (QED) is 0.451. The van der Waals surface area contributed by atoms with Crippen LogP contribution in [0.15, 0.2) is 12.1 Å². The Bertz CT molecular complexity index is 445. The van der Waals surface area contributed by atoms with Crippen LogP contribution >= 0.6 is 0 Å². The van der Waals surface area contributed by atoms with Crippen molar-refractivity contribution in [2.45, 2.75) is 13.8 Å². The van der Waals surface area contributed by atoms with Crippen LogP contribution in [0.3, 0.4) is 0 Å². The summed E-state index contributed by atoms with van der Waals surface area (Å²) in [6.07, 6.45) is 0. The maximum absolute atomic E-state index is 13.5. The molecule has 0 N–H and O–H groups in total. The molecule has 0 spiro atoms. The van der Waals surface area contributed by atoms with Crippen LogP contribution in [0.2, 0.25) is 0 Å². The van der Waals surface area contributed by atoms with Crippen molar-refractivity contribution in [3.63, 3.8) is 0 Å². The lowest BCUT2D eigenvalue weighted by Crippen LogP contribution is -2.08. The molecule has 0 bridgehead atoms. The van der Waals surface area contributed by atoms with Gasteiger partial charge >= 0.3 is 11.7 Å². The van der Waals surface area contributed by atoms with Crippen LogP contribution in [0, 0.1) is 22.9 Å². The van der Waals surface area contributed by atoms with E-state index in [0.29, 0.717) is 0 Å². The fraction of sp³-hybridized carbons (Fsp3) is 0.300. The van der Waals surface area contributed by atoms with E-state index in [0.717, 1.165) is 6.07 Å². The van der Waals surface area contributed by atoms with Gasteiger partial charge in [0.05, 0.1) is 17.1 Å². The van der Waals surface area contributed by atoms with Gasteiger partial charge in [-0.25, -0.2) is 4.79 Å². The highest BCUT2D eigenvalue weighted by Crippen LogP contribution is 2.23. The highest BCUT2D eigenvalue weighted by molar-refractivity contribution is 5.91. The van der Waals surface area contributed by atoms with E-state index in [4.69, 9.17) is 0 Å². The normalized spacial score (nSPS) is 9.94. The Balaban J connectivity index is 3.21. The average molecular weight is 227 g/mol. The molecule has 0 radical (unpaired) electrons. The number of carbonyl (C=O) groups excluding carboxylic acids is 1. The molecule has 0 atom stereocenters. The Kier molecular flexibility index (Phi) is 3.55. The third-order valence-electron chi connectivity index (χ3n) is 2.06. The van der Waals surface area contributed by atoms with E-state index >= 15 is 0 Å². The first-order chi connectivity index (χ1) is 7.49. The van der Waals surface area contributed by atoms with Gasteiger partial charge in [0.15, 0.2) is 0 Å². The predicted octanol–water partition coefficient (Wildman–Crippen LogP) is 2.22. The van der Waals surface area contributed by atoms with Crippen LogP contribution in [0.25, 0.3) is 0 Å². The molecule has 0 amide bonds. The zero-order chi connectivity index (χ0) is 12.3. The molecule has 6 heteroatoms. The number of esters is 1. The van der Waals surface area contributed by atoms with Gasteiger partial charge in [-0.2, -0.15) is 4.39 Å². The monoisotopic (exact) mass is 227 g/mol. The summed E-state index contributed by atoms with van der Waals surface area (Å²) in [5.41, 5.74) is -0.719. The third kappa shape index (κ3) is 2.16. The van der Waals surface area contributed by atoms with E-state index in [1.807, 2.05) is 0 Å². The number of halogens is 1. The van der Waals surface area contributed by atoms with Crippen molar-refractivity contribution in [2.24, 2.45) is 0 Å². The summed E-state index contributed by atoms with van der Waals surface area (Å²) < 4.78 is 18.2. The number of nitro benzene ring substituents is 1. The smallest absolute Gasteiger partial charge is 0.338 e. The molecule has 0 fully saturated rings. The Morgan fingerprint density at radius 1 is 1.56 bits per heavy atom. The Hall–Kier alpha value is -1.98. The molecule has 0 aliphatic heterocycles. The van der Waals surface area contributed by atoms with Crippen molar-refractivity contribution >= 4 is 11.7 Å². The topological polar surface area (TPSA) is 69.4 Å². The SMILES string of the molecule is CCOC(=O)c1ccc([N+](=O)[O-])c(F)c1C. The van der Waals surface area contributed by atoms with Crippen LogP contribution in [0.5, 0.6) is 0 Å². The molecule has 0 saturated carbocycles. The van der Waals surface area contributed by atoms with Gasteiger partial charge in [0.25, 0.3) is 0 Å². The fourth-order valence-corrected chi connectivity index (χ4v) is 1.24. The second-order valence-electron chi connectivity index (χ2n) is 3.05. The lowest BCUT2D eigenvalue weighted by atomic mass is 10.1. The molecule has 1 aromatic carbocycles. The van der Waals surface area contributed by atoms with E-state index in [1.165, 1.54) is 13.0 Å². The largest absolute Gasteiger partial charge is 0.462 e. The molecule has 16 heavy (non-hydrogen) atoms. The zero-order valence-electron chi connectivity index (χ0n) is 8.82. The minimum Gasteiger partial charge on any atom is -0.462 e. The summed E-state index contributed by atoms with van der Waals surface area (Å²) in [6.45, 7) is 3.08. The van der Waals surface area contributed by atoms with Crippen molar-refractivity contribution in [1.82, 2.24) is 0 Å². The van der Waals surface area contributed by atoms with Crippen molar-refractivity contribution in [2.75, 3.05) is 6.61 Å².